The molecule has 0 bridgehead atoms. The number of carbonyl (C=O) groups excluding carboxylic acids is 1. The highest BCUT2D eigenvalue weighted by Crippen LogP contribution is 2.38. The summed E-state index contributed by atoms with van der Waals surface area (Å²) in [4.78, 5) is 34.5. The monoisotopic (exact) mass is 726 g/mol. The van der Waals surface area contributed by atoms with Crippen molar-refractivity contribution in [3.05, 3.63) is 149 Å². The Kier molecular flexibility index (Phi) is 10.1. The maximum absolute atomic E-state index is 14.3. The van der Waals surface area contributed by atoms with E-state index in [-0.39, 0.29) is 12.2 Å². The molecule has 0 radical (unpaired) electrons. The molecule has 238 valence electrons. The van der Waals surface area contributed by atoms with E-state index in [2.05, 4.69) is 15.9 Å². The Hall–Kier alpha value is -4.38. The Morgan fingerprint density at radius 1 is 1.02 bits per heavy atom. The Morgan fingerprint density at radius 2 is 1.72 bits per heavy atom. The Morgan fingerprint density at radius 3 is 2.38 bits per heavy atom. The summed E-state index contributed by atoms with van der Waals surface area (Å²) in [6.45, 7) is 2.33. The normalized spacial score (nSPS) is 14.4. The summed E-state index contributed by atoms with van der Waals surface area (Å²) in [5, 5.41) is 0. The summed E-state index contributed by atoms with van der Waals surface area (Å²) in [5.74, 6) is 0.579. The topological polar surface area (TPSA) is 79.1 Å². The lowest BCUT2D eigenvalue weighted by molar-refractivity contribution is -0.138. The number of ether oxygens (including phenoxy) is 3. The van der Waals surface area contributed by atoms with Gasteiger partial charge in [0.1, 0.15) is 6.61 Å². The summed E-state index contributed by atoms with van der Waals surface area (Å²) in [6, 6.07) is 30.3. The Balaban J connectivity index is 1.50. The van der Waals surface area contributed by atoms with Gasteiger partial charge in [-0.2, -0.15) is 0 Å². The zero-order chi connectivity index (χ0) is 32.9. The standard InChI is InChI=1S/C37H31BrN2O5S2/c1-4-44-36(42)31-32(25-13-9-6-10-14-25)39-37-40(33(31)26-15-17-27(46-3)18-16-26)35(41)30(47-37)21-24-19-28(38)34(29(20-24)43-2)45-22-23-11-7-5-8-12-23/h5-21,33H,4,22H2,1-3H3/b30-21-/t33-/m0/s1. The van der Waals surface area contributed by atoms with Crippen molar-refractivity contribution in [2.75, 3.05) is 20.0 Å². The van der Waals surface area contributed by atoms with Crippen LogP contribution in [0.5, 0.6) is 11.5 Å². The van der Waals surface area contributed by atoms with Crippen molar-refractivity contribution in [2.45, 2.75) is 24.5 Å². The van der Waals surface area contributed by atoms with Crippen LogP contribution in [0.4, 0.5) is 0 Å². The molecule has 6 rings (SSSR count). The highest BCUT2D eigenvalue weighted by atomic mass is 79.9. The number of fused-ring (bicyclic) bond motifs is 1. The van der Waals surface area contributed by atoms with E-state index < -0.39 is 12.0 Å². The molecular weight excluding hydrogens is 696 g/mol. The van der Waals surface area contributed by atoms with Crippen LogP contribution in [0.1, 0.15) is 35.2 Å². The van der Waals surface area contributed by atoms with Crippen LogP contribution in [0.15, 0.2) is 122 Å². The lowest BCUT2D eigenvalue weighted by Crippen LogP contribution is -2.40. The van der Waals surface area contributed by atoms with Gasteiger partial charge in [0.05, 0.1) is 40.0 Å². The van der Waals surface area contributed by atoms with E-state index in [1.165, 1.54) is 11.3 Å². The van der Waals surface area contributed by atoms with Crippen molar-refractivity contribution in [3.63, 3.8) is 0 Å². The fourth-order valence-corrected chi connectivity index (χ4v) is 7.37. The number of benzene rings is 4. The molecule has 0 aliphatic carbocycles. The van der Waals surface area contributed by atoms with Crippen molar-refractivity contribution in [2.24, 2.45) is 4.99 Å². The van der Waals surface area contributed by atoms with Gasteiger partial charge < -0.3 is 14.2 Å². The van der Waals surface area contributed by atoms with Gasteiger partial charge in [-0.25, -0.2) is 9.79 Å². The van der Waals surface area contributed by atoms with E-state index in [0.717, 1.165) is 27.1 Å². The number of rotatable bonds is 10. The van der Waals surface area contributed by atoms with E-state index >= 15 is 0 Å². The number of halogens is 1. The molecule has 0 amide bonds. The van der Waals surface area contributed by atoms with Crippen LogP contribution >= 0.6 is 39.0 Å². The van der Waals surface area contributed by atoms with Gasteiger partial charge in [-0.1, -0.05) is 84.1 Å². The summed E-state index contributed by atoms with van der Waals surface area (Å²) < 4.78 is 20.1. The molecule has 1 aliphatic heterocycles. The third-order valence-electron chi connectivity index (χ3n) is 7.58. The first-order chi connectivity index (χ1) is 22.9. The van der Waals surface area contributed by atoms with E-state index in [0.29, 0.717) is 43.2 Å². The minimum Gasteiger partial charge on any atom is -0.493 e. The van der Waals surface area contributed by atoms with Crippen molar-refractivity contribution >= 4 is 56.8 Å². The van der Waals surface area contributed by atoms with Gasteiger partial charge in [-0.3, -0.25) is 9.36 Å². The predicted molar refractivity (Wildman–Crippen MR) is 191 cm³/mol. The molecule has 0 saturated carbocycles. The largest absolute Gasteiger partial charge is 0.493 e. The number of thioether (sulfide) groups is 1. The number of hydrogen-bond donors (Lipinski definition) is 0. The predicted octanol–water partition coefficient (Wildman–Crippen LogP) is 7.01. The van der Waals surface area contributed by atoms with Gasteiger partial charge in [0, 0.05) is 10.5 Å². The molecule has 10 heteroatoms. The Bertz CT molecular complexity index is 2130. The molecule has 5 aromatic rings. The maximum atomic E-state index is 14.3. The molecule has 1 aromatic heterocycles. The molecule has 0 fully saturated rings. The molecule has 0 saturated heterocycles. The van der Waals surface area contributed by atoms with Crippen LogP contribution in [-0.4, -0.2) is 30.5 Å². The molecule has 1 aliphatic rings. The lowest BCUT2D eigenvalue weighted by Gasteiger charge is -2.26. The van der Waals surface area contributed by atoms with Gasteiger partial charge in [0.25, 0.3) is 5.56 Å². The number of hydrogen-bond acceptors (Lipinski definition) is 8. The number of aromatic nitrogens is 1. The number of nitrogens with zero attached hydrogens (tertiary/aromatic N) is 2. The molecule has 0 unspecified atom stereocenters. The molecule has 47 heavy (non-hydrogen) atoms. The highest BCUT2D eigenvalue weighted by molar-refractivity contribution is 9.10. The molecular formula is C37H31BrN2O5S2. The van der Waals surface area contributed by atoms with E-state index in [1.807, 2.05) is 109 Å². The van der Waals surface area contributed by atoms with Crippen molar-refractivity contribution in [3.8, 4) is 11.5 Å². The van der Waals surface area contributed by atoms with Gasteiger partial charge in [-0.15, -0.1) is 11.8 Å². The van der Waals surface area contributed by atoms with Gasteiger partial charge in [0.2, 0.25) is 0 Å². The zero-order valence-corrected chi connectivity index (χ0v) is 29.2. The number of carbonyl (C=O) groups is 1. The van der Waals surface area contributed by atoms with Crippen LogP contribution in [0.2, 0.25) is 0 Å². The molecule has 2 heterocycles. The SMILES string of the molecule is CCOC(=O)C1=C(c2ccccc2)N=c2s/c(=C\c3cc(Br)c(OCc4ccccc4)c(OC)c3)c(=O)n2[C@H]1c1ccc(SC)cc1. The third kappa shape index (κ3) is 6.86. The second kappa shape index (κ2) is 14.6. The van der Waals surface area contributed by atoms with Gasteiger partial charge >= 0.3 is 5.97 Å². The first-order valence-corrected chi connectivity index (χ1v) is 17.7. The summed E-state index contributed by atoms with van der Waals surface area (Å²) >= 11 is 6.53. The second-order valence-corrected chi connectivity index (χ2v) is 13.3. The van der Waals surface area contributed by atoms with E-state index in [9.17, 15) is 9.59 Å². The van der Waals surface area contributed by atoms with Crippen LogP contribution in [0.25, 0.3) is 11.8 Å². The fraction of sp³-hybridized carbons (Fsp3) is 0.162. The van der Waals surface area contributed by atoms with Crippen LogP contribution < -0.4 is 24.4 Å². The van der Waals surface area contributed by atoms with Crippen LogP contribution in [-0.2, 0) is 16.1 Å². The van der Waals surface area contributed by atoms with Crippen molar-refractivity contribution in [1.82, 2.24) is 4.57 Å². The number of thiazole rings is 1. The van der Waals surface area contributed by atoms with Gasteiger partial charge in [0.15, 0.2) is 16.3 Å². The van der Waals surface area contributed by atoms with Crippen molar-refractivity contribution < 1.29 is 19.0 Å². The number of methoxy groups -OCH3 is 1. The van der Waals surface area contributed by atoms with Crippen LogP contribution in [0, 0.1) is 0 Å². The fourth-order valence-electron chi connectivity index (χ4n) is 5.39. The highest BCUT2D eigenvalue weighted by Gasteiger charge is 2.35. The quantitative estimate of drug-likeness (QED) is 0.114. The molecule has 0 N–H and O–H groups in total. The van der Waals surface area contributed by atoms with Gasteiger partial charge in [-0.05, 0) is 76.1 Å². The second-order valence-electron chi connectivity index (χ2n) is 10.5. The number of esters is 1. The van der Waals surface area contributed by atoms with E-state index in [1.54, 1.807) is 30.4 Å². The maximum Gasteiger partial charge on any atom is 0.338 e. The third-order valence-corrected chi connectivity index (χ3v) is 9.90. The molecule has 7 nitrogen and oxygen atoms in total. The average Bonchev–Trinajstić information content (AvgIpc) is 3.41. The van der Waals surface area contributed by atoms with Crippen LogP contribution in [0.3, 0.4) is 0 Å². The molecule has 0 spiro atoms. The first-order valence-electron chi connectivity index (χ1n) is 14.9. The molecule has 1 atom stereocenters. The van der Waals surface area contributed by atoms with E-state index in [4.69, 9.17) is 19.2 Å². The minimum atomic E-state index is -0.742. The average molecular weight is 728 g/mol. The minimum absolute atomic E-state index is 0.189. The first kappa shape index (κ1) is 32.6. The summed E-state index contributed by atoms with van der Waals surface area (Å²) in [7, 11) is 1.58. The van der Waals surface area contributed by atoms with Crippen molar-refractivity contribution in [1.29, 1.82) is 0 Å². The summed E-state index contributed by atoms with van der Waals surface area (Å²) in [5.41, 5.74) is 3.85. The Labute approximate surface area is 289 Å². The smallest absolute Gasteiger partial charge is 0.338 e. The lowest BCUT2D eigenvalue weighted by atomic mass is 9.93. The zero-order valence-electron chi connectivity index (χ0n) is 25.9. The molecule has 4 aromatic carbocycles. The summed E-state index contributed by atoms with van der Waals surface area (Å²) in [6.07, 6.45) is 3.81.